The minimum absolute atomic E-state index is 0.0284. The molecule has 5 unspecified atom stereocenters. The zero-order chi connectivity index (χ0) is 24.4. The van der Waals surface area contributed by atoms with Crippen LogP contribution in [0.15, 0.2) is 12.5 Å². The highest BCUT2D eigenvalue weighted by Gasteiger charge is 2.32. The number of imidazole rings is 1. The van der Waals surface area contributed by atoms with Gasteiger partial charge < -0.3 is 42.0 Å². The van der Waals surface area contributed by atoms with E-state index in [1.807, 2.05) is 0 Å². The largest absolute Gasteiger partial charge is 0.480 e. The van der Waals surface area contributed by atoms with E-state index in [0.717, 1.165) is 0 Å². The summed E-state index contributed by atoms with van der Waals surface area (Å²) in [6, 6.07) is -5.22. The Morgan fingerprint density at radius 1 is 1.06 bits per heavy atom. The quantitative estimate of drug-likeness (QED) is 0.154. The molecule has 0 saturated carbocycles. The summed E-state index contributed by atoms with van der Waals surface area (Å²) in [4.78, 5) is 55.2. The van der Waals surface area contributed by atoms with Crippen LogP contribution >= 0.6 is 0 Å². The molecule has 0 aromatic carbocycles. The Morgan fingerprint density at radius 2 is 1.69 bits per heavy atom. The molecule has 5 atom stereocenters. The fraction of sp³-hybridized carbons (Fsp3) is 0.632. The number of carbonyl (C=O) groups is 4. The second-order valence-electron chi connectivity index (χ2n) is 7.89. The normalized spacial score (nSPS) is 15.8. The monoisotopic (exact) mass is 456 g/mol. The van der Waals surface area contributed by atoms with Gasteiger partial charge in [0.2, 0.25) is 17.7 Å². The maximum atomic E-state index is 12.6. The van der Waals surface area contributed by atoms with Crippen LogP contribution in [0, 0.1) is 5.92 Å². The summed E-state index contributed by atoms with van der Waals surface area (Å²) < 4.78 is 0. The van der Waals surface area contributed by atoms with Crippen LogP contribution < -0.4 is 21.7 Å². The number of aliphatic carboxylic acids is 1. The van der Waals surface area contributed by atoms with Gasteiger partial charge in [0.15, 0.2) is 0 Å². The zero-order valence-electron chi connectivity index (χ0n) is 18.2. The van der Waals surface area contributed by atoms with Crippen molar-refractivity contribution in [2.24, 2.45) is 11.7 Å². The molecule has 0 aliphatic rings. The molecule has 32 heavy (non-hydrogen) atoms. The number of nitrogens with one attached hydrogen (secondary N) is 4. The van der Waals surface area contributed by atoms with Gasteiger partial charge in [-0.3, -0.25) is 14.4 Å². The van der Waals surface area contributed by atoms with Gasteiger partial charge >= 0.3 is 5.97 Å². The van der Waals surface area contributed by atoms with E-state index in [1.54, 1.807) is 13.8 Å². The highest BCUT2D eigenvalue weighted by Crippen LogP contribution is 2.06. The Bertz CT molecular complexity index is 768. The van der Waals surface area contributed by atoms with Crippen LogP contribution in [0.5, 0.6) is 0 Å². The lowest BCUT2D eigenvalue weighted by atomic mass is 10.0. The van der Waals surface area contributed by atoms with Gasteiger partial charge in [0.05, 0.1) is 25.1 Å². The first-order valence-corrected chi connectivity index (χ1v) is 10.1. The van der Waals surface area contributed by atoms with Crippen LogP contribution in [0.1, 0.15) is 32.9 Å². The number of nitrogens with two attached hydrogens (primary N) is 1. The van der Waals surface area contributed by atoms with Crippen molar-refractivity contribution >= 4 is 23.7 Å². The topological polar surface area (TPSA) is 220 Å². The molecule has 13 nitrogen and oxygen atoms in total. The van der Waals surface area contributed by atoms with Crippen molar-refractivity contribution in [3.8, 4) is 0 Å². The summed E-state index contributed by atoms with van der Waals surface area (Å²) in [6.45, 7) is 3.98. The second-order valence-corrected chi connectivity index (χ2v) is 7.89. The highest BCUT2D eigenvalue weighted by atomic mass is 16.4. The molecule has 1 heterocycles. The number of carboxylic acids is 1. The minimum Gasteiger partial charge on any atom is -0.480 e. The van der Waals surface area contributed by atoms with Crippen molar-refractivity contribution in [1.82, 2.24) is 25.9 Å². The fourth-order valence-corrected chi connectivity index (χ4v) is 2.81. The summed E-state index contributed by atoms with van der Waals surface area (Å²) in [5.41, 5.74) is 6.42. The van der Waals surface area contributed by atoms with E-state index < -0.39 is 60.6 Å². The summed E-state index contributed by atoms with van der Waals surface area (Å²) in [6.07, 6.45) is 1.80. The lowest BCUT2D eigenvalue weighted by molar-refractivity contribution is -0.143. The number of amides is 3. The van der Waals surface area contributed by atoms with E-state index in [1.165, 1.54) is 19.4 Å². The lowest BCUT2D eigenvalue weighted by Gasteiger charge is -2.26. The molecule has 1 aromatic heterocycles. The number of hydrogen-bond acceptors (Lipinski definition) is 8. The van der Waals surface area contributed by atoms with Gasteiger partial charge in [-0.05, 0) is 19.3 Å². The molecule has 180 valence electrons. The molecular formula is C19H32N6O7. The molecule has 0 aliphatic heterocycles. The van der Waals surface area contributed by atoms with E-state index in [9.17, 15) is 34.5 Å². The number of aliphatic hydroxyl groups excluding tert-OH is 2. The van der Waals surface area contributed by atoms with Crippen molar-refractivity contribution in [3.63, 3.8) is 0 Å². The number of carbonyl (C=O) groups excluding carboxylic acids is 3. The summed E-state index contributed by atoms with van der Waals surface area (Å²) >= 11 is 0. The van der Waals surface area contributed by atoms with Crippen LogP contribution in [0.4, 0.5) is 0 Å². The smallest absolute Gasteiger partial charge is 0.326 e. The Balaban J connectivity index is 2.78. The molecule has 1 rings (SSSR count). The average molecular weight is 457 g/mol. The Kier molecular flexibility index (Phi) is 10.7. The van der Waals surface area contributed by atoms with E-state index in [-0.39, 0.29) is 18.8 Å². The summed E-state index contributed by atoms with van der Waals surface area (Å²) in [5, 5.41) is 35.5. The number of hydrogen-bond donors (Lipinski definition) is 8. The Labute approximate surface area is 185 Å². The summed E-state index contributed by atoms with van der Waals surface area (Å²) in [7, 11) is 0. The zero-order valence-corrected chi connectivity index (χ0v) is 18.2. The third-order valence-electron chi connectivity index (χ3n) is 4.53. The molecule has 3 amide bonds. The van der Waals surface area contributed by atoms with E-state index in [0.29, 0.717) is 5.69 Å². The van der Waals surface area contributed by atoms with Crippen molar-refractivity contribution < 1.29 is 34.5 Å². The number of aliphatic hydroxyl groups is 2. The van der Waals surface area contributed by atoms with Crippen LogP contribution in [0.2, 0.25) is 0 Å². The van der Waals surface area contributed by atoms with Crippen LogP contribution in [0.25, 0.3) is 0 Å². The first-order chi connectivity index (χ1) is 15.0. The molecule has 0 spiro atoms. The second kappa shape index (κ2) is 12.7. The molecular weight excluding hydrogens is 424 g/mol. The van der Waals surface area contributed by atoms with Crippen molar-refractivity contribution in [2.75, 3.05) is 6.61 Å². The van der Waals surface area contributed by atoms with E-state index >= 15 is 0 Å². The highest BCUT2D eigenvalue weighted by molar-refractivity contribution is 5.94. The summed E-state index contributed by atoms with van der Waals surface area (Å²) in [5.74, 6) is -3.88. The van der Waals surface area contributed by atoms with Gasteiger partial charge in [0.25, 0.3) is 0 Å². The van der Waals surface area contributed by atoms with E-state index in [2.05, 4.69) is 25.9 Å². The van der Waals surface area contributed by atoms with Crippen molar-refractivity contribution in [3.05, 3.63) is 18.2 Å². The Morgan fingerprint density at radius 3 is 2.16 bits per heavy atom. The standard InChI is InChI=1S/C19H32N6O7/c1-9(2)4-13(19(31)32)23-17(29)14(7-26)24-18(30)15(10(3)27)25-16(28)12(20)5-11-6-21-8-22-11/h6,8-10,12-15,26-27H,4-5,7,20H2,1-3H3,(H,21,22)(H,23,29)(H,24,30)(H,25,28)(H,31,32). The third kappa shape index (κ3) is 8.61. The van der Waals surface area contributed by atoms with E-state index in [4.69, 9.17) is 5.73 Å². The van der Waals surface area contributed by atoms with Gasteiger partial charge in [-0.2, -0.15) is 0 Å². The fourth-order valence-electron chi connectivity index (χ4n) is 2.81. The first kappa shape index (κ1) is 27.0. The third-order valence-corrected chi connectivity index (χ3v) is 4.53. The van der Waals surface area contributed by atoms with Crippen LogP contribution in [-0.2, 0) is 25.6 Å². The molecule has 0 fully saturated rings. The van der Waals surface area contributed by atoms with Crippen LogP contribution in [0.3, 0.4) is 0 Å². The van der Waals surface area contributed by atoms with Crippen molar-refractivity contribution in [1.29, 1.82) is 0 Å². The predicted octanol–water partition coefficient (Wildman–Crippen LogP) is -2.76. The SMILES string of the molecule is CC(C)CC(NC(=O)C(CO)NC(=O)C(NC(=O)C(N)Cc1cnc[nH]1)C(C)O)C(=O)O. The number of carboxylic acid groups (broad SMARTS) is 1. The molecule has 0 saturated heterocycles. The van der Waals surface area contributed by atoms with Gasteiger partial charge in [0.1, 0.15) is 18.1 Å². The van der Waals surface area contributed by atoms with Crippen molar-refractivity contribution in [2.45, 2.75) is 63.9 Å². The lowest BCUT2D eigenvalue weighted by Crippen LogP contribution is -2.60. The van der Waals surface area contributed by atoms with Gasteiger partial charge in [-0.25, -0.2) is 9.78 Å². The number of aromatic nitrogens is 2. The maximum Gasteiger partial charge on any atom is 0.326 e. The number of aromatic amines is 1. The molecule has 1 aromatic rings. The van der Waals surface area contributed by atoms with Gasteiger partial charge in [0, 0.05) is 18.3 Å². The minimum atomic E-state index is -1.49. The Hall–Kier alpha value is -3.03. The molecule has 0 aliphatic carbocycles. The molecule has 9 N–H and O–H groups in total. The first-order valence-electron chi connectivity index (χ1n) is 10.1. The average Bonchev–Trinajstić information content (AvgIpc) is 3.21. The molecule has 13 heteroatoms. The molecule has 0 bridgehead atoms. The van der Waals surface area contributed by atoms with Crippen LogP contribution in [-0.4, -0.2) is 85.9 Å². The number of nitrogens with zero attached hydrogens (tertiary/aromatic N) is 1. The molecule has 0 radical (unpaired) electrons. The maximum absolute atomic E-state index is 12.6. The van der Waals surface area contributed by atoms with Gasteiger partial charge in [-0.15, -0.1) is 0 Å². The number of H-pyrrole nitrogens is 1. The predicted molar refractivity (Wildman–Crippen MR) is 112 cm³/mol. The van der Waals surface area contributed by atoms with Gasteiger partial charge in [-0.1, -0.05) is 13.8 Å². The number of rotatable bonds is 13.